The molecule has 1 saturated carbocycles. The van der Waals surface area contributed by atoms with E-state index in [1.165, 1.54) is 0 Å². The van der Waals surface area contributed by atoms with Gasteiger partial charge < -0.3 is 10.0 Å². The van der Waals surface area contributed by atoms with E-state index in [4.69, 9.17) is 16.7 Å². The number of halogens is 1. The van der Waals surface area contributed by atoms with E-state index >= 15 is 0 Å². The smallest absolute Gasteiger partial charge is 0.305 e. The van der Waals surface area contributed by atoms with E-state index < -0.39 is 5.97 Å². The Morgan fingerprint density at radius 1 is 1.41 bits per heavy atom. The third kappa shape index (κ3) is 3.41. The van der Waals surface area contributed by atoms with E-state index in [1.807, 2.05) is 24.3 Å². The fourth-order valence-electron chi connectivity index (χ4n) is 3.10. The Balaban J connectivity index is 1.67. The van der Waals surface area contributed by atoms with Crippen molar-refractivity contribution in [2.75, 3.05) is 18.1 Å². The van der Waals surface area contributed by atoms with Crippen LogP contribution in [0.2, 0.25) is 5.02 Å². The molecule has 0 aromatic heterocycles. The summed E-state index contributed by atoms with van der Waals surface area (Å²) in [6, 6.07) is 7.48. The number of nitrogens with zero attached hydrogens (tertiary/aromatic N) is 1. The first-order valence-corrected chi connectivity index (χ1v) is 8.95. The van der Waals surface area contributed by atoms with Crippen LogP contribution in [0, 0.1) is 5.92 Å². The first-order valence-electron chi connectivity index (χ1n) is 7.41. The van der Waals surface area contributed by atoms with Gasteiger partial charge in [0.1, 0.15) is 0 Å². The highest BCUT2D eigenvalue weighted by molar-refractivity contribution is 7.99. The van der Waals surface area contributed by atoms with Gasteiger partial charge in [-0.25, -0.2) is 0 Å². The molecule has 118 valence electrons. The highest BCUT2D eigenvalue weighted by atomic mass is 35.5. The largest absolute Gasteiger partial charge is 0.481 e. The van der Waals surface area contributed by atoms with Crippen molar-refractivity contribution in [1.29, 1.82) is 0 Å². The van der Waals surface area contributed by atoms with Gasteiger partial charge >= 0.3 is 5.97 Å². The minimum absolute atomic E-state index is 0.0159. The van der Waals surface area contributed by atoms with Crippen molar-refractivity contribution >= 4 is 35.2 Å². The normalized spacial score (nSPS) is 27.5. The molecular weight excluding hydrogens is 322 g/mol. The molecule has 1 aromatic carbocycles. The van der Waals surface area contributed by atoms with Gasteiger partial charge in [-0.2, -0.15) is 11.8 Å². The van der Waals surface area contributed by atoms with Crippen LogP contribution in [0.25, 0.3) is 0 Å². The number of carbonyl (C=O) groups is 2. The van der Waals surface area contributed by atoms with Gasteiger partial charge in [0.05, 0.1) is 12.5 Å². The van der Waals surface area contributed by atoms with Crippen LogP contribution in [0.1, 0.15) is 24.3 Å². The topological polar surface area (TPSA) is 57.6 Å². The number of thioether (sulfide) groups is 1. The number of carboxylic acid groups (broad SMARTS) is 1. The highest BCUT2D eigenvalue weighted by Crippen LogP contribution is 2.49. The average molecular weight is 340 g/mol. The molecule has 1 aliphatic carbocycles. The second-order valence-electron chi connectivity index (χ2n) is 5.86. The predicted octanol–water partition coefficient (Wildman–Crippen LogP) is 2.86. The zero-order valence-electron chi connectivity index (χ0n) is 12.1. The molecule has 2 fully saturated rings. The third-order valence-electron chi connectivity index (χ3n) is 4.31. The molecule has 3 atom stereocenters. The SMILES string of the molecule is O=C(O)CC1CSCCN1C(=O)C1CC1c1cccc(Cl)c1. The second-order valence-corrected chi connectivity index (χ2v) is 7.45. The molecule has 1 aromatic rings. The lowest BCUT2D eigenvalue weighted by Gasteiger charge is -2.35. The molecule has 1 heterocycles. The predicted molar refractivity (Wildman–Crippen MR) is 87.4 cm³/mol. The number of hydrogen-bond donors (Lipinski definition) is 1. The van der Waals surface area contributed by atoms with E-state index in [0.29, 0.717) is 17.3 Å². The zero-order chi connectivity index (χ0) is 15.7. The maximum Gasteiger partial charge on any atom is 0.305 e. The molecule has 6 heteroatoms. The maximum atomic E-state index is 12.7. The summed E-state index contributed by atoms with van der Waals surface area (Å²) in [7, 11) is 0. The number of aliphatic carboxylic acids is 1. The quantitative estimate of drug-likeness (QED) is 0.916. The lowest BCUT2D eigenvalue weighted by Crippen LogP contribution is -2.47. The zero-order valence-corrected chi connectivity index (χ0v) is 13.6. The molecular formula is C16H18ClNO3S. The molecule has 0 bridgehead atoms. The highest BCUT2D eigenvalue weighted by Gasteiger charge is 2.47. The summed E-state index contributed by atoms with van der Waals surface area (Å²) in [5.41, 5.74) is 1.10. The number of carbonyl (C=O) groups excluding carboxylic acids is 1. The number of amides is 1. The van der Waals surface area contributed by atoms with Crippen LogP contribution in [0.15, 0.2) is 24.3 Å². The van der Waals surface area contributed by atoms with Gasteiger partial charge in [-0.3, -0.25) is 9.59 Å². The van der Waals surface area contributed by atoms with E-state index in [9.17, 15) is 9.59 Å². The van der Waals surface area contributed by atoms with Crippen molar-refractivity contribution in [3.8, 4) is 0 Å². The molecule has 4 nitrogen and oxygen atoms in total. The van der Waals surface area contributed by atoms with Crippen LogP contribution in [-0.4, -0.2) is 46.0 Å². The molecule has 3 rings (SSSR count). The van der Waals surface area contributed by atoms with Crippen molar-refractivity contribution < 1.29 is 14.7 Å². The summed E-state index contributed by atoms with van der Waals surface area (Å²) in [5, 5.41) is 9.71. The third-order valence-corrected chi connectivity index (χ3v) is 5.63. The lowest BCUT2D eigenvalue weighted by atomic mass is 10.1. The standard InChI is InChI=1S/C16H18ClNO3S/c17-11-3-1-2-10(6-11)13-8-14(13)16(21)18-4-5-22-9-12(18)7-15(19)20/h1-3,6,12-14H,4-5,7-9H2,(H,19,20). The summed E-state index contributed by atoms with van der Waals surface area (Å²) in [6.07, 6.45) is 0.871. The molecule has 3 unspecified atom stereocenters. The molecule has 0 spiro atoms. The van der Waals surface area contributed by atoms with Gasteiger partial charge in [-0.15, -0.1) is 0 Å². The summed E-state index contributed by atoms with van der Waals surface area (Å²) >= 11 is 7.73. The first-order chi connectivity index (χ1) is 10.6. The first kappa shape index (κ1) is 15.7. The average Bonchev–Trinajstić information content (AvgIpc) is 3.27. The summed E-state index contributed by atoms with van der Waals surface area (Å²) in [6.45, 7) is 0.653. The summed E-state index contributed by atoms with van der Waals surface area (Å²) < 4.78 is 0. The summed E-state index contributed by atoms with van der Waals surface area (Å²) in [5.74, 6) is 1.08. The van der Waals surface area contributed by atoms with Gasteiger partial charge in [-0.05, 0) is 30.0 Å². The van der Waals surface area contributed by atoms with Crippen LogP contribution in [0.4, 0.5) is 0 Å². The second kappa shape index (κ2) is 6.50. The van der Waals surface area contributed by atoms with Gasteiger partial charge in [0.15, 0.2) is 0 Å². The van der Waals surface area contributed by atoms with Crippen molar-refractivity contribution in [2.24, 2.45) is 5.92 Å². The molecule has 1 amide bonds. The van der Waals surface area contributed by atoms with E-state index in [-0.39, 0.29) is 30.2 Å². The van der Waals surface area contributed by atoms with Crippen molar-refractivity contribution in [1.82, 2.24) is 4.90 Å². The lowest BCUT2D eigenvalue weighted by molar-refractivity contribution is -0.140. The minimum atomic E-state index is -0.840. The Kier molecular flexibility index (Phi) is 4.64. The van der Waals surface area contributed by atoms with E-state index in [0.717, 1.165) is 17.7 Å². The van der Waals surface area contributed by atoms with E-state index in [2.05, 4.69) is 0 Å². The van der Waals surface area contributed by atoms with Crippen molar-refractivity contribution in [3.63, 3.8) is 0 Å². The monoisotopic (exact) mass is 339 g/mol. The number of hydrogen-bond acceptors (Lipinski definition) is 3. The molecule has 2 aliphatic rings. The van der Waals surface area contributed by atoms with Gasteiger partial charge in [0, 0.05) is 29.0 Å². The molecule has 1 N–H and O–H groups in total. The van der Waals surface area contributed by atoms with Crippen LogP contribution in [-0.2, 0) is 9.59 Å². The molecule has 1 saturated heterocycles. The maximum absolute atomic E-state index is 12.7. The molecule has 0 radical (unpaired) electrons. The fourth-order valence-corrected chi connectivity index (χ4v) is 4.36. The van der Waals surface area contributed by atoms with Gasteiger partial charge in [0.25, 0.3) is 0 Å². The van der Waals surface area contributed by atoms with Crippen LogP contribution in [0.5, 0.6) is 0 Å². The van der Waals surface area contributed by atoms with Gasteiger partial charge in [-0.1, -0.05) is 23.7 Å². The number of carboxylic acids is 1. The molecule has 22 heavy (non-hydrogen) atoms. The summed E-state index contributed by atoms with van der Waals surface area (Å²) in [4.78, 5) is 25.5. The molecule has 1 aliphatic heterocycles. The Morgan fingerprint density at radius 3 is 2.95 bits per heavy atom. The Labute approximate surface area is 138 Å². The number of benzene rings is 1. The van der Waals surface area contributed by atoms with E-state index in [1.54, 1.807) is 16.7 Å². The fraction of sp³-hybridized carbons (Fsp3) is 0.500. The Hall–Kier alpha value is -1.20. The van der Waals surface area contributed by atoms with Crippen LogP contribution >= 0.6 is 23.4 Å². The Morgan fingerprint density at radius 2 is 2.23 bits per heavy atom. The van der Waals surface area contributed by atoms with Crippen molar-refractivity contribution in [2.45, 2.75) is 24.8 Å². The van der Waals surface area contributed by atoms with Crippen LogP contribution in [0.3, 0.4) is 0 Å². The Bertz CT molecular complexity index is 595. The minimum Gasteiger partial charge on any atom is -0.481 e. The van der Waals surface area contributed by atoms with Crippen LogP contribution < -0.4 is 0 Å². The number of rotatable bonds is 4. The van der Waals surface area contributed by atoms with Crippen molar-refractivity contribution in [3.05, 3.63) is 34.9 Å². The van der Waals surface area contributed by atoms with Gasteiger partial charge in [0.2, 0.25) is 5.91 Å².